The number of anilines is 1. The van der Waals surface area contributed by atoms with Crippen LogP contribution in [0.2, 0.25) is 0 Å². The van der Waals surface area contributed by atoms with Gasteiger partial charge in [-0.15, -0.1) is 0 Å². The molecule has 1 aliphatic rings. The number of carbonyl (C=O) groups is 1. The van der Waals surface area contributed by atoms with Gasteiger partial charge in [-0.05, 0) is 43.2 Å². The maximum atomic E-state index is 13.0. The van der Waals surface area contributed by atoms with Gasteiger partial charge >= 0.3 is 0 Å². The molecule has 0 saturated carbocycles. The fourth-order valence-corrected chi connectivity index (χ4v) is 4.32. The Morgan fingerprint density at radius 2 is 2.03 bits per heavy atom. The van der Waals surface area contributed by atoms with Gasteiger partial charge in [-0.1, -0.05) is 0 Å². The summed E-state index contributed by atoms with van der Waals surface area (Å²) in [6.07, 6.45) is 1.62. The van der Waals surface area contributed by atoms with Gasteiger partial charge in [0.05, 0.1) is 27.0 Å². The van der Waals surface area contributed by atoms with Crippen molar-refractivity contribution in [3.8, 4) is 0 Å². The van der Waals surface area contributed by atoms with Crippen LogP contribution in [0.25, 0.3) is 10.9 Å². The second kappa shape index (κ2) is 7.25. The van der Waals surface area contributed by atoms with Crippen molar-refractivity contribution in [1.29, 1.82) is 0 Å². The summed E-state index contributed by atoms with van der Waals surface area (Å²) in [5.74, 6) is -0.375. The molecule has 1 unspecified atom stereocenters. The fourth-order valence-electron chi connectivity index (χ4n) is 3.76. The Bertz CT molecular complexity index is 1420. The summed E-state index contributed by atoms with van der Waals surface area (Å²) in [5, 5.41) is 16.2. The molecule has 31 heavy (non-hydrogen) atoms. The third-order valence-corrected chi connectivity index (χ3v) is 6.10. The van der Waals surface area contributed by atoms with Crippen LogP contribution < -0.4 is 15.6 Å². The van der Waals surface area contributed by atoms with E-state index in [2.05, 4.69) is 4.98 Å². The summed E-state index contributed by atoms with van der Waals surface area (Å²) in [5.41, 5.74) is 0.712. The van der Waals surface area contributed by atoms with E-state index in [-0.39, 0.29) is 40.0 Å². The van der Waals surface area contributed by atoms with E-state index in [4.69, 9.17) is 5.14 Å². The van der Waals surface area contributed by atoms with E-state index in [1.54, 1.807) is 0 Å². The van der Waals surface area contributed by atoms with Gasteiger partial charge in [-0.3, -0.25) is 24.3 Å². The van der Waals surface area contributed by atoms with E-state index < -0.39 is 20.5 Å². The Morgan fingerprint density at radius 1 is 1.29 bits per heavy atom. The number of sulfonamides is 1. The molecule has 1 aliphatic heterocycles. The van der Waals surface area contributed by atoms with Gasteiger partial charge in [0.25, 0.3) is 11.2 Å². The molecule has 160 valence electrons. The van der Waals surface area contributed by atoms with Crippen LogP contribution in [0.3, 0.4) is 0 Å². The second-order valence-corrected chi connectivity index (χ2v) is 8.85. The molecule has 2 aromatic carbocycles. The number of aromatic nitrogens is 2. The molecule has 4 rings (SSSR count). The zero-order valence-electron chi connectivity index (χ0n) is 16.3. The number of carbonyl (C=O) groups excluding carboxylic acids is 1. The molecule has 3 aromatic rings. The summed E-state index contributed by atoms with van der Waals surface area (Å²) in [7, 11) is -3.86. The summed E-state index contributed by atoms with van der Waals surface area (Å²) in [4.78, 5) is 41.6. The van der Waals surface area contributed by atoms with Crippen molar-refractivity contribution in [2.24, 2.45) is 5.14 Å². The average molecular weight is 443 g/mol. The number of nitro benzene ring substituents is 1. The molecule has 0 spiro atoms. The number of rotatable bonds is 4. The van der Waals surface area contributed by atoms with Crippen LogP contribution in [-0.4, -0.2) is 34.8 Å². The van der Waals surface area contributed by atoms with Crippen LogP contribution in [0.4, 0.5) is 11.4 Å². The lowest BCUT2D eigenvalue weighted by molar-refractivity contribution is -0.384. The predicted octanol–water partition coefficient (Wildman–Crippen LogP) is 0.930. The normalized spacial score (nSPS) is 15.8. The van der Waals surface area contributed by atoms with Gasteiger partial charge in [-0.2, -0.15) is 0 Å². The van der Waals surface area contributed by atoms with Crippen molar-refractivity contribution in [1.82, 2.24) is 9.55 Å². The van der Waals surface area contributed by atoms with Gasteiger partial charge in [-0.25, -0.2) is 18.5 Å². The third-order valence-electron chi connectivity index (χ3n) is 5.19. The lowest BCUT2D eigenvalue weighted by Gasteiger charge is -2.23. The first kappa shape index (κ1) is 20.6. The molecule has 0 saturated heterocycles. The Morgan fingerprint density at radius 3 is 2.71 bits per heavy atom. The quantitative estimate of drug-likeness (QED) is 0.464. The van der Waals surface area contributed by atoms with Crippen molar-refractivity contribution in [2.75, 3.05) is 4.90 Å². The zero-order chi connectivity index (χ0) is 22.5. The molecule has 0 radical (unpaired) electrons. The molecule has 1 amide bonds. The smallest absolute Gasteiger partial charge is 0.271 e. The first-order chi connectivity index (χ1) is 14.6. The van der Waals surface area contributed by atoms with Crippen LogP contribution in [-0.2, 0) is 27.8 Å². The Labute approximate surface area is 175 Å². The SMILES string of the molecule is CC1Cc2cc(S(N)(=O)=O)ccc2N1C(=O)Cn1cnc2cc([N+](=O)[O-])ccc2c1=O. The minimum Gasteiger partial charge on any atom is -0.307 e. The van der Waals surface area contributed by atoms with Crippen molar-refractivity contribution in [3.05, 3.63) is 68.8 Å². The van der Waals surface area contributed by atoms with Crippen LogP contribution >= 0.6 is 0 Å². The molecule has 0 fully saturated rings. The minimum atomic E-state index is -3.86. The lowest BCUT2D eigenvalue weighted by atomic mass is 10.1. The molecular weight excluding hydrogens is 426 g/mol. The maximum absolute atomic E-state index is 13.0. The molecule has 0 aliphatic carbocycles. The van der Waals surface area contributed by atoms with Gasteiger partial charge < -0.3 is 4.90 Å². The highest BCUT2D eigenvalue weighted by Gasteiger charge is 2.32. The highest BCUT2D eigenvalue weighted by Crippen LogP contribution is 2.34. The van der Waals surface area contributed by atoms with Gasteiger partial charge in [0.15, 0.2) is 0 Å². The van der Waals surface area contributed by atoms with Gasteiger partial charge in [0, 0.05) is 23.9 Å². The van der Waals surface area contributed by atoms with E-state index in [1.165, 1.54) is 47.6 Å². The number of nitro groups is 1. The van der Waals surface area contributed by atoms with Crippen molar-refractivity contribution in [2.45, 2.75) is 30.8 Å². The number of fused-ring (bicyclic) bond motifs is 2. The number of nitrogens with zero attached hydrogens (tertiary/aromatic N) is 4. The number of amides is 1. The summed E-state index contributed by atoms with van der Waals surface area (Å²) >= 11 is 0. The van der Waals surface area contributed by atoms with Crippen molar-refractivity contribution in [3.63, 3.8) is 0 Å². The molecule has 12 heteroatoms. The Balaban J connectivity index is 1.65. The molecule has 0 bridgehead atoms. The zero-order valence-corrected chi connectivity index (χ0v) is 17.1. The highest BCUT2D eigenvalue weighted by molar-refractivity contribution is 7.89. The second-order valence-electron chi connectivity index (χ2n) is 7.29. The molecule has 1 atom stereocenters. The molecule has 2 N–H and O–H groups in total. The molecular formula is C19H17N5O6S. The number of nitrogens with two attached hydrogens (primary N) is 1. The topological polar surface area (TPSA) is 158 Å². The average Bonchev–Trinajstić information content (AvgIpc) is 3.04. The number of hydrogen-bond acceptors (Lipinski definition) is 7. The fraction of sp³-hybridized carbons (Fsp3) is 0.211. The van der Waals surface area contributed by atoms with E-state index in [9.17, 15) is 28.1 Å². The summed E-state index contributed by atoms with van der Waals surface area (Å²) in [6, 6.07) is 7.78. The standard InChI is InChI=1S/C19H17N5O6S/c1-11-6-12-7-14(31(20,29)30)3-5-17(12)23(11)18(25)9-22-10-21-16-8-13(24(27)28)2-4-15(16)19(22)26/h2-5,7-8,10-11H,6,9H2,1H3,(H2,20,29,30). The lowest BCUT2D eigenvalue weighted by Crippen LogP contribution is -2.40. The Kier molecular flexibility index (Phi) is 4.82. The number of non-ortho nitro benzene ring substituents is 1. The summed E-state index contributed by atoms with van der Waals surface area (Å²) < 4.78 is 24.3. The minimum absolute atomic E-state index is 0.0307. The van der Waals surface area contributed by atoms with Gasteiger partial charge in [0.2, 0.25) is 15.9 Å². The van der Waals surface area contributed by atoms with Crippen LogP contribution in [0.1, 0.15) is 12.5 Å². The first-order valence-electron chi connectivity index (χ1n) is 9.17. The van der Waals surface area contributed by atoms with E-state index in [0.717, 1.165) is 4.57 Å². The number of hydrogen-bond donors (Lipinski definition) is 1. The molecule has 1 aromatic heterocycles. The predicted molar refractivity (Wildman–Crippen MR) is 111 cm³/mol. The third kappa shape index (κ3) is 3.66. The van der Waals surface area contributed by atoms with Crippen molar-refractivity contribution < 1.29 is 18.1 Å². The molecule has 2 heterocycles. The van der Waals surface area contributed by atoms with Crippen molar-refractivity contribution >= 4 is 38.2 Å². The number of primary sulfonamides is 1. The van der Waals surface area contributed by atoms with Crippen LogP contribution in [0.5, 0.6) is 0 Å². The van der Waals surface area contributed by atoms with E-state index in [1.807, 2.05) is 6.92 Å². The van der Waals surface area contributed by atoms with Crippen LogP contribution in [0, 0.1) is 10.1 Å². The highest BCUT2D eigenvalue weighted by atomic mass is 32.2. The molecule has 11 nitrogen and oxygen atoms in total. The maximum Gasteiger partial charge on any atom is 0.271 e. The Hall–Kier alpha value is -3.64. The largest absolute Gasteiger partial charge is 0.307 e. The van der Waals surface area contributed by atoms with E-state index >= 15 is 0 Å². The summed E-state index contributed by atoms with van der Waals surface area (Å²) in [6.45, 7) is 1.52. The van der Waals surface area contributed by atoms with Crippen LogP contribution in [0.15, 0.2) is 52.4 Å². The van der Waals surface area contributed by atoms with E-state index in [0.29, 0.717) is 17.7 Å². The monoisotopic (exact) mass is 443 g/mol. The first-order valence-corrected chi connectivity index (χ1v) is 10.7. The van der Waals surface area contributed by atoms with Gasteiger partial charge in [0.1, 0.15) is 6.54 Å². The number of benzene rings is 2.